The van der Waals surface area contributed by atoms with E-state index in [9.17, 15) is 10.2 Å². The van der Waals surface area contributed by atoms with Crippen LogP contribution in [0.15, 0.2) is 35.5 Å². The second-order valence-corrected chi connectivity index (χ2v) is 8.29. The van der Waals surface area contributed by atoms with Gasteiger partial charge in [-0.05, 0) is 31.2 Å². The zero-order valence-corrected chi connectivity index (χ0v) is 17.3. The van der Waals surface area contributed by atoms with E-state index in [2.05, 4.69) is 20.6 Å². The van der Waals surface area contributed by atoms with Crippen LogP contribution in [0.2, 0.25) is 5.02 Å². The Hall–Kier alpha value is -1.85. The number of halogens is 1. The molecular weight excluding hydrogens is 418 g/mol. The minimum Gasteiger partial charge on any atom is -0.487 e. The summed E-state index contributed by atoms with van der Waals surface area (Å²) < 4.78 is 13.2. The van der Waals surface area contributed by atoms with Gasteiger partial charge in [-0.1, -0.05) is 28.6 Å². The van der Waals surface area contributed by atoms with Crippen molar-refractivity contribution in [1.29, 1.82) is 0 Å². The van der Waals surface area contributed by atoms with Gasteiger partial charge in [0.2, 0.25) is 0 Å². The van der Waals surface area contributed by atoms with E-state index >= 15 is 0 Å². The van der Waals surface area contributed by atoms with Gasteiger partial charge in [-0.3, -0.25) is 4.99 Å². The van der Waals surface area contributed by atoms with Gasteiger partial charge in [0.1, 0.15) is 41.8 Å². The molecule has 29 heavy (non-hydrogen) atoms. The summed E-state index contributed by atoms with van der Waals surface area (Å²) in [4.78, 5) is 4.32. The number of ether oxygens (including phenoxy) is 2. The summed E-state index contributed by atoms with van der Waals surface area (Å²) in [6.45, 7) is 3.08. The van der Waals surface area contributed by atoms with E-state index < -0.39 is 24.4 Å². The van der Waals surface area contributed by atoms with Crippen molar-refractivity contribution in [3.8, 4) is 5.75 Å². The third-order valence-corrected chi connectivity index (χ3v) is 6.03. The third kappa shape index (κ3) is 4.67. The monoisotopic (exact) mass is 439 g/mol. The Morgan fingerprint density at radius 1 is 1.31 bits per heavy atom. The van der Waals surface area contributed by atoms with Gasteiger partial charge in [-0.15, -0.1) is 5.10 Å². The first-order valence-electron chi connectivity index (χ1n) is 9.30. The van der Waals surface area contributed by atoms with Crippen molar-refractivity contribution in [2.75, 3.05) is 6.54 Å². The highest BCUT2D eigenvalue weighted by Gasteiger charge is 2.49. The second-order valence-electron chi connectivity index (χ2n) is 6.77. The molecule has 5 atom stereocenters. The molecule has 0 saturated carbocycles. The minimum absolute atomic E-state index is 0.250. The quantitative estimate of drug-likeness (QED) is 0.611. The fourth-order valence-corrected chi connectivity index (χ4v) is 4.54. The van der Waals surface area contributed by atoms with Gasteiger partial charge in [0.05, 0.1) is 18.8 Å². The standard InChI is InChI=1S/C18H22ClN5O4S/c1-2-20-18-21-14-16(26)15(25)13(28-17(14)29-18)8-24-7-11(22-23-24)9-27-12-5-3-10(19)4-6-12/h3-7,13-17,25-26H,2,8-9H2,1H3,(H,20,21). The number of aliphatic imine (C=N–C) groups is 1. The largest absolute Gasteiger partial charge is 0.487 e. The molecule has 2 saturated heterocycles. The highest BCUT2D eigenvalue weighted by molar-refractivity contribution is 8.14. The number of aromatic nitrogens is 3. The van der Waals surface area contributed by atoms with Crippen molar-refractivity contribution >= 4 is 28.5 Å². The molecule has 11 heteroatoms. The van der Waals surface area contributed by atoms with Crippen LogP contribution in [-0.2, 0) is 17.9 Å². The van der Waals surface area contributed by atoms with Gasteiger partial charge in [0.15, 0.2) is 5.17 Å². The van der Waals surface area contributed by atoms with Crippen LogP contribution in [0.25, 0.3) is 0 Å². The first kappa shape index (κ1) is 20.4. The molecule has 0 bridgehead atoms. The van der Waals surface area contributed by atoms with E-state index in [0.717, 1.165) is 5.17 Å². The van der Waals surface area contributed by atoms with Crippen molar-refractivity contribution in [3.05, 3.63) is 41.2 Å². The van der Waals surface area contributed by atoms with Gasteiger partial charge < -0.3 is 25.0 Å². The van der Waals surface area contributed by atoms with E-state index in [0.29, 0.717) is 23.0 Å². The number of rotatable bonds is 6. The fraction of sp³-hybridized carbons (Fsp3) is 0.500. The van der Waals surface area contributed by atoms with Crippen LogP contribution in [-0.4, -0.2) is 66.7 Å². The van der Waals surface area contributed by atoms with Crippen molar-refractivity contribution < 1.29 is 19.7 Å². The summed E-state index contributed by atoms with van der Waals surface area (Å²) in [6.07, 6.45) is -0.905. The lowest BCUT2D eigenvalue weighted by Crippen LogP contribution is -2.59. The predicted octanol–water partition coefficient (Wildman–Crippen LogP) is 1.04. The normalized spacial score (nSPS) is 30.2. The molecule has 2 aliphatic rings. The molecule has 0 spiro atoms. The van der Waals surface area contributed by atoms with E-state index in [1.54, 1.807) is 35.1 Å². The molecule has 156 valence electrons. The fourth-order valence-electron chi connectivity index (χ4n) is 3.22. The first-order valence-corrected chi connectivity index (χ1v) is 10.6. The average molecular weight is 440 g/mol. The molecular formula is C18H22ClN5O4S. The van der Waals surface area contributed by atoms with Gasteiger partial charge in [0, 0.05) is 11.6 Å². The van der Waals surface area contributed by atoms with Crippen molar-refractivity contribution in [2.24, 2.45) is 4.99 Å². The number of hydrogen-bond donors (Lipinski definition) is 3. The van der Waals surface area contributed by atoms with Crippen LogP contribution < -0.4 is 10.1 Å². The van der Waals surface area contributed by atoms with Crippen LogP contribution in [0.1, 0.15) is 12.6 Å². The SMILES string of the molecule is CCN=C1NC2C(OC(Cn3cc(COc4ccc(Cl)cc4)nn3)C(O)C2O)S1. The van der Waals surface area contributed by atoms with E-state index in [1.807, 2.05) is 6.92 Å². The Kier molecular flexibility index (Phi) is 6.26. The first-order chi connectivity index (χ1) is 14.0. The highest BCUT2D eigenvalue weighted by atomic mass is 35.5. The maximum Gasteiger partial charge on any atom is 0.159 e. The number of fused-ring (bicyclic) bond motifs is 1. The average Bonchev–Trinajstić information content (AvgIpc) is 3.32. The molecule has 2 aromatic rings. The molecule has 0 aliphatic carbocycles. The second kappa shape index (κ2) is 8.88. The smallest absolute Gasteiger partial charge is 0.159 e. The summed E-state index contributed by atoms with van der Waals surface area (Å²) in [6, 6.07) is 6.66. The number of amidine groups is 1. The van der Waals surface area contributed by atoms with Crippen LogP contribution in [0.3, 0.4) is 0 Å². The molecule has 5 unspecified atom stereocenters. The number of thioether (sulfide) groups is 1. The molecule has 1 aromatic carbocycles. The lowest BCUT2D eigenvalue weighted by atomic mass is 9.98. The third-order valence-electron chi connectivity index (χ3n) is 4.67. The Morgan fingerprint density at radius 3 is 2.86 bits per heavy atom. The topological polar surface area (TPSA) is 114 Å². The molecule has 3 N–H and O–H groups in total. The molecule has 0 amide bonds. The van der Waals surface area contributed by atoms with Crippen LogP contribution in [0.5, 0.6) is 5.75 Å². The van der Waals surface area contributed by atoms with Crippen molar-refractivity contribution in [3.63, 3.8) is 0 Å². The highest BCUT2D eigenvalue weighted by Crippen LogP contribution is 2.34. The predicted molar refractivity (Wildman–Crippen MR) is 109 cm³/mol. The van der Waals surface area contributed by atoms with E-state index in [-0.39, 0.29) is 18.6 Å². The number of aliphatic hydroxyl groups is 2. The van der Waals surface area contributed by atoms with Gasteiger partial charge in [-0.2, -0.15) is 0 Å². The molecule has 2 fully saturated rings. The Balaban J connectivity index is 1.35. The Bertz CT molecular complexity index is 864. The van der Waals surface area contributed by atoms with Crippen LogP contribution >= 0.6 is 23.4 Å². The minimum atomic E-state index is -1.05. The lowest BCUT2D eigenvalue weighted by Gasteiger charge is -2.38. The van der Waals surface area contributed by atoms with Crippen molar-refractivity contribution in [1.82, 2.24) is 20.3 Å². The van der Waals surface area contributed by atoms with E-state index in [4.69, 9.17) is 21.1 Å². The Morgan fingerprint density at radius 2 is 2.10 bits per heavy atom. The molecule has 2 aliphatic heterocycles. The number of benzene rings is 1. The maximum atomic E-state index is 10.5. The number of hydrogen-bond acceptors (Lipinski definition) is 8. The summed E-state index contributed by atoms with van der Waals surface area (Å²) in [5.41, 5.74) is 0.317. The van der Waals surface area contributed by atoms with Crippen LogP contribution in [0, 0.1) is 0 Å². The molecule has 4 rings (SSSR count). The Labute approximate surface area is 177 Å². The molecule has 1 aromatic heterocycles. The zero-order valence-electron chi connectivity index (χ0n) is 15.7. The molecule has 0 radical (unpaired) electrons. The summed E-state index contributed by atoms with van der Waals surface area (Å²) in [5, 5.41) is 33.6. The van der Waals surface area contributed by atoms with Gasteiger partial charge in [0.25, 0.3) is 0 Å². The molecule has 3 heterocycles. The maximum absolute atomic E-state index is 10.5. The number of aliphatic hydroxyl groups excluding tert-OH is 2. The summed E-state index contributed by atoms with van der Waals surface area (Å²) >= 11 is 7.28. The number of nitrogens with one attached hydrogen (secondary N) is 1. The summed E-state index contributed by atoms with van der Waals surface area (Å²) in [5.74, 6) is 0.680. The zero-order chi connectivity index (χ0) is 20.4. The van der Waals surface area contributed by atoms with Gasteiger partial charge in [-0.25, -0.2) is 4.68 Å². The van der Waals surface area contributed by atoms with Crippen LogP contribution in [0.4, 0.5) is 0 Å². The lowest BCUT2D eigenvalue weighted by molar-refractivity contribution is -0.160. The number of nitrogens with zero attached hydrogens (tertiary/aromatic N) is 4. The summed E-state index contributed by atoms with van der Waals surface area (Å²) in [7, 11) is 0. The molecule has 9 nitrogen and oxygen atoms in total. The van der Waals surface area contributed by atoms with E-state index in [1.165, 1.54) is 11.8 Å². The van der Waals surface area contributed by atoms with Crippen molar-refractivity contribution in [2.45, 2.75) is 49.9 Å². The van der Waals surface area contributed by atoms with Gasteiger partial charge >= 0.3 is 0 Å².